The van der Waals surface area contributed by atoms with Crippen LogP contribution in [-0.4, -0.2) is 39.6 Å². The molecule has 7 atom stereocenters. The zero-order valence-electron chi connectivity index (χ0n) is 24.5. The summed E-state index contributed by atoms with van der Waals surface area (Å²) < 4.78 is 13.5. The Labute approximate surface area is 209 Å². The predicted molar refractivity (Wildman–Crippen MR) is 148 cm³/mol. The molecule has 0 amide bonds. The molecule has 0 aliphatic heterocycles. The molecule has 2 fully saturated rings. The average molecular weight is 499 g/mol. The van der Waals surface area contributed by atoms with Crippen molar-refractivity contribution in [3.63, 3.8) is 0 Å². The molecule has 3 nitrogen and oxygen atoms in total. The summed E-state index contributed by atoms with van der Waals surface area (Å²) >= 11 is 0. The van der Waals surface area contributed by atoms with Gasteiger partial charge in [-0.05, 0) is 113 Å². The molecule has 5 heteroatoms. The normalized spacial score (nSPS) is 32.4. The number of aliphatic hydroxyl groups is 1. The second-order valence-corrected chi connectivity index (χ2v) is 24.2. The summed E-state index contributed by atoms with van der Waals surface area (Å²) in [7, 11) is -3.41. The molecule has 0 aromatic heterocycles. The van der Waals surface area contributed by atoms with E-state index in [9.17, 15) is 5.11 Å². The Morgan fingerprint density at radius 3 is 2.06 bits per heavy atom. The van der Waals surface area contributed by atoms with Crippen LogP contribution in [0.3, 0.4) is 0 Å². The third-order valence-electron chi connectivity index (χ3n) is 9.98. The van der Waals surface area contributed by atoms with Crippen LogP contribution in [0.1, 0.15) is 93.9 Å². The molecule has 0 bridgehead atoms. The zero-order valence-corrected chi connectivity index (χ0v) is 26.5. The monoisotopic (exact) mass is 498 g/mol. The number of rotatable bonds is 9. The maximum atomic E-state index is 11.4. The van der Waals surface area contributed by atoms with Gasteiger partial charge < -0.3 is 14.0 Å². The van der Waals surface area contributed by atoms with Crippen LogP contribution in [0.15, 0.2) is 0 Å². The molecule has 0 spiro atoms. The lowest BCUT2D eigenvalue weighted by Gasteiger charge is -2.50. The van der Waals surface area contributed by atoms with E-state index in [1.807, 2.05) is 0 Å². The Hall–Kier alpha value is 0.314. The van der Waals surface area contributed by atoms with E-state index in [-0.39, 0.29) is 16.7 Å². The third kappa shape index (κ3) is 6.75. The average Bonchev–Trinajstić information content (AvgIpc) is 2.95. The molecule has 2 rings (SSSR count). The van der Waals surface area contributed by atoms with E-state index in [1.54, 1.807) is 0 Å². The molecule has 2 saturated carbocycles. The topological polar surface area (TPSA) is 38.7 Å². The Balaban J connectivity index is 2.11. The Bertz CT molecular complexity index is 649. The van der Waals surface area contributed by atoms with Crippen molar-refractivity contribution < 1.29 is 14.0 Å². The van der Waals surface area contributed by atoms with Gasteiger partial charge in [-0.25, -0.2) is 0 Å². The molecular weight excluding hydrogens is 440 g/mol. The SMILES string of the molecule is C[C@H](C(O)C[C@@H](C)C(C)(C)O[Si](C)(C)C)[C@H]1CC[C@H]2[C@@H](O[Si](C)(C)C(C)(C)C)CCC[C@]12C. The van der Waals surface area contributed by atoms with Gasteiger partial charge in [0, 0.05) is 6.10 Å². The van der Waals surface area contributed by atoms with Gasteiger partial charge in [0.15, 0.2) is 16.6 Å². The van der Waals surface area contributed by atoms with Gasteiger partial charge in [-0.15, -0.1) is 0 Å². The van der Waals surface area contributed by atoms with E-state index in [4.69, 9.17) is 8.85 Å². The van der Waals surface area contributed by atoms with Crippen molar-refractivity contribution in [3.05, 3.63) is 0 Å². The summed E-state index contributed by atoms with van der Waals surface area (Å²) in [4.78, 5) is 0. The lowest BCUT2D eigenvalue weighted by molar-refractivity contribution is -0.0507. The van der Waals surface area contributed by atoms with Crippen LogP contribution in [0.25, 0.3) is 0 Å². The van der Waals surface area contributed by atoms with E-state index in [1.165, 1.54) is 32.1 Å². The fourth-order valence-electron chi connectivity index (χ4n) is 6.74. The van der Waals surface area contributed by atoms with Crippen molar-refractivity contribution in [2.45, 2.75) is 149 Å². The second-order valence-electron chi connectivity index (χ2n) is 15.0. The van der Waals surface area contributed by atoms with Gasteiger partial charge in [-0.3, -0.25) is 0 Å². The molecular formula is C28H58O3Si2. The molecule has 33 heavy (non-hydrogen) atoms. The fraction of sp³-hybridized carbons (Fsp3) is 1.00. The fourth-order valence-corrected chi connectivity index (χ4v) is 9.91. The molecule has 2 aliphatic rings. The number of fused-ring (bicyclic) bond motifs is 1. The maximum absolute atomic E-state index is 11.4. The van der Waals surface area contributed by atoms with Crippen molar-refractivity contribution in [3.8, 4) is 0 Å². The zero-order chi connectivity index (χ0) is 25.6. The minimum atomic E-state index is -1.78. The molecule has 2 aliphatic carbocycles. The summed E-state index contributed by atoms with van der Waals surface area (Å²) in [6, 6.07) is 0. The van der Waals surface area contributed by atoms with Crippen LogP contribution in [0.4, 0.5) is 0 Å². The van der Waals surface area contributed by atoms with Crippen molar-refractivity contribution in [2.24, 2.45) is 29.1 Å². The second kappa shape index (κ2) is 9.99. The highest BCUT2D eigenvalue weighted by molar-refractivity contribution is 6.74. The van der Waals surface area contributed by atoms with Gasteiger partial charge in [-0.1, -0.05) is 48.0 Å². The molecule has 1 N–H and O–H groups in total. The summed E-state index contributed by atoms with van der Waals surface area (Å²) in [5.41, 5.74) is 0.0967. The van der Waals surface area contributed by atoms with Gasteiger partial charge in [0.05, 0.1) is 11.7 Å². The largest absolute Gasteiger partial charge is 0.414 e. The summed E-state index contributed by atoms with van der Waals surface area (Å²) in [5.74, 6) is 1.87. The minimum absolute atomic E-state index is 0.194. The van der Waals surface area contributed by atoms with Crippen LogP contribution in [0.2, 0.25) is 37.8 Å². The molecule has 0 aromatic rings. The van der Waals surface area contributed by atoms with Gasteiger partial charge in [0.2, 0.25) is 0 Å². The molecule has 1 unspecified atom stereocenters. The lowest BCUT2D eigenvalue weighted by Crippen LogP contribution is -2.50. The van der Waals surface area contributed by atoms with Crippen LogP contribution in [0, 0.1) is 29.1 Å². The van der Waals surface area contributed by atoms with Crippen LogP contribution in [-0.2, 0) is 8.85 Å². The summed E-state index contributed by atoms with van der Waals surface area (Å²) in [5, 5.41) is 11.7. The first-order valence-corrected chi connectivity index (χ1v) is 20.1. The van der Waals surface area contributed by atoms with Crippen molar-refractivity contribution in [1.29, 1.82) is 0 Å². The Morgan fingerprint density at radius 1 is 0.970 bits per heavy atom. The molecule has 0 saturated heterocycles. The smallest absolute Gasteiger partial charge is 0.192 e. The Kier molecular flexibility index (Phi) is 8.94. The molecule has 0 heterocycles. The number of aliphatic hydroxyl groups excluding tert-OH is 1. The van der Waals surface area contributed by atoms with Crippen molar-refractivity contribution in [1.82, 2.24) is 0 Å². The van der Waals surface area contributed by atoms with Gasteiger partial charge in [-0.2, -0.15) is 0 Å². The van der Waals surface area contributed by atoms with Gasteiger partial charge in [0.25, 0.3) is 0 Å². The van der Waals surface area contributed by atoms with Crippen LogP contribution in [0.5, 0.6) is 0 Å². The van der Waals surface area contributed by atoms with E-state index >= 15 is 0 Å². The first-order chi connectivity index (χ1) is 14.7. The van der Waals surface area contributed by atoms with Crippen molar-refractivity contribution in [2.75, 3.05) is 0 Å². The van der Waals surface area contributed by atoms with E-state index < -0.39 is 16.6 Å². The first-order valence-electron chi connectivity index (χ1n) is 13.8. The van der Waals surface area contributed by atoms with Gasteiger partial charge >= 0.3 is 0 Å². The first kappa shape index (κ1) is 29.5. The molecule has 0 radical (unpaired) electrons. The maximum Gasteiger partial charge on any atom is 0.192 e. The Morgan fingerprint density at radius 2 is 1.55 bits per heavy atom. The predicted octanol–water partition coefficient (Wildman–Crippen LogP) is 8.25. The number of hydrogen-bond donors (Lipinski definition) is 1. The highest BCUT2D eigenvalue weighted by atomic mass is 28.4. The van der Waals surface area contributed by atoms with E-state index in [0.29, 0.717) is 35.2 Å². The van der Waals surface area contributed by atoms with E-state index in [0.717, 1.165) is 6.42 Å². The summed E-state index contributed by atoms with van der Waals surface area (Å²) in [6.45, 7) is 30.2. The summed E-state index contributed by atoms with van der Waals surface area (Å²) in [6.07, 6.45) is 7.22. The van der Waals surface area contributed by atoms with Crippen LogP contribution >= 0.6 is 0 Å². The molecule has 0 aromatic carbocycles. The minimum Gasteiger partial charge on any atom is -0.414 e. The van der Waals surface area contributed by atoms with E-state index in [2.05, 4.69) is 88.1 Å². The third-order valence-corrected chi connectivity index (χ3v) is 15.6. The molecule has 196 valence electrons. The highest BCUT2D eigenvalue weighted by Gasteiger charge is 2.55. The standard InChI is InChI=1S/C28H58O3Si2/c1-20(27(6,7)31-32(9,10)11)19-24(29)21(2)22-16-17-23-25(15-14-18-28(22,23)8)30-33(12,13)26(3,4)5/h20-25,29H,14-19H2,1-13H3/t20-,21+,22-,23+,24?,25+,28-/m1/s1. The van der Waals surface area contributed by atoms with Crippen molar-refractivity contribution >= 4 is 16.6 Å². The highest BCUT2D eigenvalue weighted by Crippen LogP contribution is 2.59. The lowest BCUT2D eigenvalue weighted by atomic mass is 9.61. The number of hydrogen-bond acceptors (Lipinski definition) is 3. The quantitative estimate of drug-likeness (QED) is 0.325. The van der Waals surface area contributed by atoms with Gasteiger partial charge in [0.1, 0.15) is 0 Å². The van der Waals surface area contributed by atoms with Crippen LogP contribution < -0.4 is 0 Å².